The van der Waals surface area contributed by atoms with Gasteiger partial charge in [-0.05, 0) is 39.5 Å². The lowest BCUT2D eigenvalue weighted by molar-refractivity contribution is 0.714. The predicted molar refractivity (Wildman–Crippen MR) is 77.9 cm³/mol. The van der Waals surface area contributed by atoms with E-state index >= 15 is 0 Å². The molecule has 0 aromatic carbocycles. The third-order valence-electron chi connectivity index (χ3n) is 2.41. The molecule has 0 aromatic rings. The van der Waals surface area contributed by atoms with Crippen molar-refractivity contribution in [3.8, 4) is 0 Å². The average Bonchev–Trinajstić information content (AvgIpc) is 2.18. The van der Waals surface area contributed by atoms with Crippen LogP contribution in [0.3, 0.4) is 0 Å². The summed E-state index contributed by atoms with van der Waals surface area (Å²) in [6.07, 6.45) is 10.4. The molecule has 0 unspecified atom stereocenters. The summed E-state index contributed by atoms with van der Waals surface area (Å²) in [6.45, 7) is 16.3. The van der Waals surface area contributed by atoms with Crippen LogP contribution < -0.4 is 0 Å². The first kappa shape index (κ1) is 17.9. The molecule has 16 heavy (non-hydrogen) atoms. The van der Waals surface area contributed by atoms with Gasteiger partial charge in [0.25, 0.3) is 0 Å². The lowest BCUT2D eigenvalue weighted by atomic mass is 10.1. The van der Waals surface area contributed by atoms with Gasteiger partial charge in [0.1, 0.15) is 0 Å². The molecular formula is C16H32. The van der Waals surface area contributed by atoms with Crippen LogP contribution >= 0.6 is 0 Å². The molecule has 0 rings (SSSR count). The molecular weight excluding hydrogens is 192 g/mol. The Kier molecular flexibility index (Phi) is 16.2. The molecule has 0 heterocycles. The predicted octanol–water partition coefficient (Wildman–Crippen LogP) is 6.29. The molecule has 0 N–H and O–H groups in total. The van der Waals surface area contributed by atoms with Crippen molar-refractivity contribution in [2.75, 3.05) is 0 Å². The third kappa shape index (κ3) is 23.4. The Morgan fingerprint density at radius 2 is 1.00 bits per heavy atom. The Morgan fingerprint density at radius 1 is 0.688 bits per heavy atom. The van der Waals surface area contributed by atoms with Crippen LogP contribution in [0, 0.1) is 0 Å². The van der Waals surface area contributed by atoms with Gasteiger partial charge in [-0.15, -0.1) is 13.2 Å². The zero-order chi connectivity index (χ0) is 12.8. The first-order valence-electron chi connectivity index (χ1n) is 6.83. The molecule has 0 heteroatoms. The van der Waals surface area contributed by atoms with Crippen molar-refractivity contribution in [1.82, 2.24) is 0 Å². The van der Waals surface area contributed by atoms with Crippen LogP contribution in [0.5, 0.6) is 0 Å². The van der Waals surface area contributed by atoms with Crippen molar-refractivity contribution in [2.45, 2.75) is 79.1 Å². The van der Waals surface area contributed by atoms with E-state index in [1.165, 1.54) is 62.5 Å². The minimum atomic E-state index is 1.22. The molecule has 0 radical (unpaired) electrons. The smallest absolute Gasteiger partial charge is 0.0326 e. The van der Waals surface area contributed by atoms with Crippen LogP contribution in [0.15, 0.2) is 24.3 Å². The first-order chi connectivity index (χ1) is 7.54. The largest absolute Gasteiger partial charge is 0.100 e. The maximum atomic E-state index is 3.83. The van der Waals surface area contributed by atoms with Gasteiger partial charge in [-0.3, -0.25) is 0 Å². The van der Waals surface area contributed by atoms with E-state index in [0.29, 0.717) is 0 Å². The van der Waals surface area contributed by atoms with Crippen LogP contribution in [0.25, 0.3) is 0 Å². The molecule has 0 amide bonds. The molecule has 0 spiro atoms. The molecule has 0 bridgehead atoms. The normalized spacial score (nSPS) is 9.25. The monoisotopic (exact) mass is 224 g/mol. The van der Waals surface area contributed by atoms with E-state index in [1.807, 2.05) is 0 Å². The van der Waals surface area contributed by atoms with Crippen molar-refractivity contribution >= 4 is 0 Å². The quantitative estimate of drug-likeness (QED) is 0.336. The van der Waals surface area contributed by atoms with Crippen molar-refractivity contribution in [3.05, 3.63) is 24.3 Å². The molecule has 0 aromatic heterocycles. The highest BCUT2D eigenvalue weighted by atomic mass is 13.9. The average molecular weight is 224 g/mol. The summed E-state index contributed by atoms with van der Waals surface area (Å²) in [6, 6.07) is 0. The zero-order valence-electron chi connectivity index (χ0n) is 12.1. The molecule has 0 fully saturated rings. The third-order valence-corrected chi connectivity index (χ3v) is 2.41. The Bertz CT molecular complexity index is 145. The van der Waals surface area contributed by atoms with Crippen LogP contribution in [0.2, 0.25) is 0 Å². The fraction of sp³-hybridized carbons (Fsp3) is 0.750. The van der Waals surface area contributed by atoms with E-state index in [2.05, 4.69) is 40.9 Å². The number of unbranched alkanes of at least 4 members (excludes halogenated alkanes) is 4. The van der Waals surface area contributed by atoms with Crippen molar-refractivity contribution in [2.24, 2.45) is 0 Å². The molecule has 0 saturated heterocycles. The van der Waals surface area contributed by atoms with Crippen molar-refractivity contribution in [1.29, 1.82) is 0 Å². The molecule has 96 valence electrons. The van der Waals surface area contributed by atoms with Gasteiger partial charge in [-0.1, -0.05) is 50.7 Å². The molecule has 0 atom stereocenters. The second-order valence-corrected chi connectivity index (χ2v) is 4.83. The Hall–Kier alpha value is -0.520. The topological polar surface area (TPSA) is 0 Å². The van der Waals surface area contributed by atoms with Gasteiger partial charge in [0.15, 0.2) is 0 Å². The van der Waals surface area contributed by atoms with Crippen molar-refractivity contribution in [3.63, 3.8) is 0 Å². The summed E-state index contributed by atoms with van der Waals surface area (Å²) >= 11 is 0. The van der Waals surface area contributed by atoms with Gasteiger partial charge in [0.2, 0.25) is 0 Å². The summed E-state index contributed by atoms with van der Waals surface area (Å²) in [5.41, 5.74) is 2.64. The second-order valence-electron chi connectivity index (χ2n) is 4.83. The van der Waals surface area contributed by atoms with Crippen LogP contribution in [-0.4, -0.2) is 0 Å². The molecule has 0 aliphatic carbocycles. The summed E-state index contributed by atoms with van der Waals surface area (Å²) in [5, 5.41) is 0. The van der Waals surface area contributed by atoms with Gasteiger partial charge in [-0.25, -0.2) is 0 Å². The van der Waals surface area contributed by atoms with E-state index in [9.17, 15) is 0 Å². The standard InChI is InChI=1S/2C8H16/c2*1-4-5-6-7-8(2)3/h2*2,4-7H2,1,3H3. The van der Waals surface area contributed by atoms with Crippen LogP contribution in [0.1, 0.15) is 79.1 Å². The van der Waals surface area contributed by atoms with E-state index < -0.39 is 0 Å². The highest BCUT2D eigenvalue weighted by Crippen LogP contribution is 2.05. The Balaban J connectivity index is 0. The molecule has 0 nitrogen and oxygen atoms in total. The number of hydrogen-bond acceptors (Lipinski definition) is 0. The lowest BCUT2D eigenvalue weighted by Gasteiger charge is -1.94. The van der Waals surface area contributed by atoms with E-state index in [1.54, 1.807) is 0 Å². The van der Waals surface area contributed by atoms with Gasteiger partial charge in [0.05, 0.1) is 0 Å². The van der Waals surface area contributed by atoms with E-state index in [-0.39, 0.29) is 0 Å². The van der Waals surface area contributed by atoms with E-state index in [0.717, 1.165) is 0 Å². The highest BCUT2D eigenvalue weighted by Gasteiger charge is 1.85. The maximum Gasteiger partial charge on any atom is -0.0326 e. The summed E-state index contributed by atoms with van der Waals surface area (Å²) in [4.78, 5) is 0. The summed E-state index contributed by atoms with van der Waals surface area (Å²) in [5.74, 6) is 0. The van der Waals surface area contributed by atoms with Crippen LogP contribution in [-0.2, 0) is 0 Å². The minimum absolute atomic E-state index is 1.22. The number of hydrogen-bond donors (Lipinski definition) is 0. The second kappa shape index (κ2) is 14.5. The maximum absolute atomic E-state index is 3.83. The minimum Gasteiger partial charge on any atom is -0.100 e. The fourth-order valence-electron chi connectivity index (χ4n) is 1.35. The van der Waals surface area contributed by atoms with Gasteiger partial charge in [-0.2, -0.15) is 0 Å². The Labute approximate surface area is 104 Å². The molecule has 0 aliphatic heterocycles. The zero-order valence-corrected chi connectivity index (χ0v) is 12.1. The molecule has 0 aliphatic rings. The first-order valence-corrected chi connectivity index (χ1v) is 6.83. The van der Waals surface area contributed by atoms with Crippen molar-refractivity contribution < 1.29 is 0 Å². The van der Waals surface area contributed by atoms with Gasteiger partial charge < -0.3 is 0 Å². The van der Waals surface area contributed by atoms with E-state index in [4.69, 9.17) is 0 Å². The lowest BCUT2D eigenvalue weighted by Crippen LogP contribution is -1.74. The number of allylic oxidation sites excluding steroid dienone is 2. The summed E-state index contributed by atoms with van der Waals surface area (Å²) < 4.78 is 0. The Morgan fingerprint density at radius 3 is 1.19 bits per heavy atom. The number of rotatable bonds is 8. The van der Waals surface area contributed by atoms with Gasteiger partial charge >= 0.3 is 0 Å². The van der Waals surface area contributed by atoms with Gasteiger partial charge in [0, 0.05) is 0 Å². The SMILES string of the molecule is C=C(C)CCCCC.C=C(C)CCCCC. The molecule has 0 saturated carbocycles. The van der Waals surface area contributed by atoms with Crippen LogP contribution in [0.4, 0.5) is 0 Å². The fourth-order valence-corrected chi connectivity index (χ4v) is 1.35. The summed E-state index contributed by atoms with van der Waals surface area (Å²) in [7, 11) is 0. The highest BCUT2D eigenvalue weighted by molar-refractivity contribution is 4.87.